The minimum absolute atomic E-state index is 0.569. The molecule has 0 aliphatic heterocycles. The summed E-state index contributed by atoms with van der Waals surface area (Å²) in [4.78, 5) is 9.54. The van der Waals surface area contributed by atoms with E-state index in [-0.39, 0.29) is 0 Å². The van der Waals surface area contributed by atoms with Crippen LogP contribution in [0.15, 0.2) is 36.7 Å². The number of hydrogen-bond acceptors (Lipinski definition) is 3. The van der Waals surface area contributed by atoms with Crippen LogP contribution in [-0.2, 0) is 12.8 Å². The van der Waals surface area contributed by atoms with Gasteiger partial charge in [0.15, 0.2) is 0 Å². The molecule has 1 aromatic carbocycles. The average molecular weight is 493 g/mol. The van der Waals surface area contributed by atoms with E-state index in [1.807, 2.05) is 0 Å². The van der Waals surface area contributed by atoms with E-state index < -0.39 is 0 Å². The summed E-state index contributed by atoms with van der Waals surface area (Å²) in [6, 6.07) is 8.66. The standard InChI is InChI=1S/C33H52N2O/c1-3-5-7-8-9-10-11-13-25-36-32-23-19-29(20-24-32)15-16-30-26-34-33(35-27-30)31-21-17-28(18-22-31)14-12-6-4-2/h19-20,23-24,26-28,31H,3-18,21-22,25H2,1-2H3/t28-,31-. The van der Waals surface area contributed by atoms with E-state index in [1.165, 1.54) is 107 Å². The van der Waals surface area contributed by atoms with Gasteiger partial charge in [0.1, 0.15) is 11.6 Å². The van der Waals surface area contributed by atoms with Gasteiger partial charge in [-0.3, -0.25) is 0 Å². The van der Waals surface area contributed by atoms with Gasteiger partial charge in [0, 0.05) is 18.3 Å². The average Bonchev–Trinajstić information content (AvgIpc) is 2.92. The van der Waals surface area contributed by atoms with Gasteiger partial charge in [-0.15, -0.1) is 0 Å². The summed E-state index contributed by atoms with van der Waals surface area (Å²) >= 11 is 0. The van der Waals surface area contributed by atoms with Crippen LogP contribution in [0.3, 0.4) is 0 Å². The topological polar surface area (TPSA) is 35.0 Å². The number of unbranched alkanes of at least 4 members (excludes halogenated alkanes) is 9. The third-order valence-electron chi connectivity index (χ3n) is 8.05. The summed E-state index contributed by atoms with van der Waals surface area (Å²) < 4.78 is 5.95. The smallest absolute Gasteiger partial charge is 0.131 e. The fourth-order valence-electron chi connectivity index (χ4n) is 5.56. The molecule has 3 heteroatoms. The monoisotopic (exact) mass is 492 g/mol. The maximum Gasteiger partial charge on any atom is 0.131 e. The lowest BCUT2D eigenvalue weighted by molar-refractivity contribution is 0.297. The van der Waals surface area contributed by atoms with Crippen molar-refractivity contribution in [3.63, 3.8) is 0 Å². The van der Waals surface area contributed by atoms with Gasteiger partial charge in [-0.2, -0.15) is 0 Å². The number of nitrogens with zero attached hydrogens (tertiary/aromatic N) is 2. The molecule has 36 heavy (non-hydrogen) atoms. The van der Waals surface area contributed by atoms with E-state index in [0.29, 0.717) is 5.92 Å². The molecule has 1 aliphatic rings. The lowest BCUT2D eigenvalue weighted by atomic mass is 9.79. The third-order valence-corrected chi connectivity index (χ3v) is 8.05. The van der Waals surface area contributed by atoms with Crippen LogP contribution in [0.2, 0.25) is 0 Å². The zero-order chi connectivity index (χ0) is 25.3. The quantitative estimate of drug-likeness (QED) is 0.194. The van der Waals surface area contributed by atoms with Crippen molar-refractivity contribution in [3.05, 3.63) is 53.6 Å². The fourth-order valence-corrected chi connectivity index (χ4v) is 5.56. The molecule has 3 rings (SSSR count). The van der Waals surface area contributed by atoms with Crippen LogP contribution < -0.4 is 4.74 Å². The number of rotatable bonds is 18. The molecule has 1 fully saturated rings. The second kappa shape index (κ2) is 17.5. The highest BCUT2D eigenvalue weighted by Gasteiger charge is 2.23. The SMILES string of the molecule is CCCCCCCCCCOc1ccc(CCc2cnc([C@H]3CC[C@H](CCCCC)CC3)nc2)cc1. The van der Waals surface area contributed by atoms with Crippen molar-refractivity contribution in [2.24, 2.45) is 5.92 Å². The van der Waals surface area contributed by atoms with Crippen molar-refractivity contribution in [3.8, 4) is 5.75 Å². The first-order chi connectivity index (χ1) is 17.8. The number of ether oxygens (including phenoxy) is 1. The second-order valence-electron chi connectivity index (χ2n) is 11.1. The number of benzene rings is 1. The van der Waals surface area contributed by atoms with E-state index in [9.17, 15) is 0 Å². The molecular weight excluding hydrogens is 440 g/mol. The van der Waals surface area contributed by atoms with Gasteiger partial charge < -0.3 is 4.74 Å². The predicted octanol–water partition coefficient (Wildman–Crippen LogP) is 9.64. The van der Waals surface area contributed by atoms with Gasteiger partial charge in [-0.25, -0.2) is 9.97 Å². The van der Waals surface area contributed by atoms with Gasteiger partial charge in [-0.1, -0.05) is 96.6 Å². The Kier molecular flexibility index (Phi) is 14.0. The summed E-state index contributed by atoms with van der Waals surface area (Å²) in [7, 11) is 0. The van der Waals surface area contributed by atoms with Gasteiger partial charge >= 0.3 is 0 Å². The molecular formula is C33H52N2O. The Hall–Kier alpha value is -1.90. The van der Waals surface area contributed by atoms with E-state index in [1.54, 1.807) is 0 Å². The summed E-state index contributed by atoms with van der Waals surface area (Å²) in [5.74, 6) is 3.58. The molecule has 0 amide bonds. The summed E-state index contributed by atoms with van der Waals surface area (Å²) in [6.07, 6.45) is 27.6. The minimum atomic E-state index is 0.569. The number of aryl methyl sites for hydroxylation is 2. The predicted molar refractivity (Wildman–Crippen MR) is 153 cm³/mol. The van der Waals surface area contributed by atoms with Gasteiger partial charge in [0.05, 0.1) is 6.61 Å². The molecule has 0 bridgehead atoms. The molecule has 3 nitrogen and oxygen atoms in total. The molecule has 200 valence electrons. The summed E-state index contributed by atoms with van der Waals surface area (Å²) in [5.41, 5.74) is 2.59. The molecule has 1 aromatic heterocycles. The van der Waals surface area contributed by atoms with Crippen LogP contribution >= 0.6 is 0 Å². The molecule has 0 N–H and O–H groups in total. The van der Waals surface area contributed by atoms with Crippen molar-refractivity contribution >= 4 is 0 Å². The molecule has 0 saturated heterocycles. The van der Waals surface area contributed by atoms with E-state index >= 15 is 0 Å². The number of aromatic nitrogens is 2. The lowest BCUT2D eigenvalue weighted by Crippen LogP contribution is -2.15. The normalized spacial score (nSPS) is 17.8. The highest BCUT2D eigenvalue weighted by Crippen LogP contribution is 2.36. The van der Waals surface area contributed by atoms with E-state index in [0.717, 1.165) is 43.4 Å². The molecule has 2 aromatic rings. The highest BCUT2D eigenvalue weighted by molar-refractivity contribution is 5.28. The molecule has 1 heterocycles. The van der Waals surface area contributed by atoms with Crippen LogP contribution in [0.25, 0.3) is 0 Å². The molecule has 1 saturated carbocycles. The molecule has 0 radical (unpaired) electrons. The lowest BCUT2D eigenvalue weighted by Gasteiger charge is -2.27. The first-order valence-corrected chi connectivity index (χ1v) is 15.3. The first kappa shape index (κ1) is 28.7. The largest absolute Gasteiger partial charge is 0.494 e. The second-order valence-corrected chi connectivity index (χ2v) is 11.1. The third kappa shape index (κ3) is 11.0. The van der Waals surface area contributed by atoms with Gasteiger partial charge in [-0.05, 0) is 74.1 Å². The van der Waals surface area contributed by atoms with Crippen LogP contribution in [0, 0.1) is 5.92 Å². The van der Waals surface area contributed by atoms with Crippen LogP contribution in [0.1, 0.15) is 139 Å². The molecule has 0 spiro atoms. The van der Waals surface area contributed by atoms with Crippen molar-refractivity contribution in [2.75, 3.05) is 6.61 Å². The molecule has 0 unspecified atom stereocenters. The highest BCUT2D eigenvalue weighted by atomic mass is 16.5. The Balaban J connectivity index is 1.29. The zero-order valence-corrected chi connectivity index (χ0v) is 23.4. The maximum atomic E-state index is 5.95. The van der Waals surface area contributed by atoms with E-state index in [2.05, 4.69) is 50.5 Å². The maximum absolute atomic E-state index is 5.95. The van der Waals surface area contributed by atoms with Crippen molar-refractivity contribution in [1.29, 1.82) is 0 Å². The summed E-state index contributed by atoms with van der Waals surface area (Å²) in [6.45, 7) is 5.40. The van der Waals surface area contributed by atoms with Crippen LogP contribution in [-0.4, -0.2) is 16.6 Å². The Morgan fingerprint density at radius 3 is 1.92 bits per heavy atom. The zero-order valence-electron chi connectivity index (χ0n) is 23.4. The number of hydrogen-bond donors (Lipinski definition) is 0. The minimum Gasteiger partial charge on any atom is -0.494 e. The van der Waals surface area contributed by atoms with E-state index in [4.69, 9.17) is 14.7 Å². The van der Waals surface area contributed by atoms with Crippen molar-refractivity contribution in [2.45, 2.75) is 135 Å². The van der Waals surface area contributed by atoms with Crippen LogP contribution in [0.5, 0.6) is 5.75 Å². The van der Waals surface area contributed by atoms with Crippen LogP contribution in [0.4, 0.5) is 0 Å². The Bertz CT molecular complexity index is 793. The van der Waals surface area contributed by atoms with Crippen molar-refractivity contribution < 1.29 is 4.74 Å². The summed E-state index contributed by atoms with van der Waals surface area (Å²) in [5, 5.41) is 0. The Morgan fingerprint density at radius 1 is 0.667 bits per heavy atom. The molecule has 1 aliphatic carbocycles. The Morgan fingerprint density at radius 2 is 1.25 bits per heavy atom. The fraction of sp³-hybridized carbons (Fsp3) is 0.697. The first-order valence-electron chi connectivity index (χ1n) is 15.3. The Labute approximate surface area is 221 Å². The van der Waals surface area contributed by atoms with Gasteiger partial charge in [0.2, 0.25) is 0 Å². The van der Waals surface area contributed by atoms with Gasteiger partial charge in [0.25, 0.3) is 0 Å². The van der Waals surface area contributed by atoms with Crippen molar-refractivity contribution in [1.82, 2.24) is 9.97 Å². The molecule has 0 atom stereocenters.